The minimum Gasteiger partial charge on any atom is -0.460 e. The number of hydrogen-bond donors (Lipinski definition) is 1. The van der Waals surface area contributed by atoms with Gasteiger partial charge in [0.25, 0.3) is 11.7 Å². The molecule has 85 heavy (non-hydrogen) atoms. The van der Waals surface area contributed by atoms with Crippen molar-refractivity contribution in [3.8, 4) is 0 Å². The molecule has 18 nitrogen and oxygen atoms in total. The van der Waals surface area contributed by atoms with Crippen LogP contribution in [0.25, 0.3) is 0 Å². The molecule has 3 fully saturated rings. The maximum atomic E-state index is 14.8. The smallest absolute Gasteiger partial charge is 0.373 e. The van der Waals surface area contributed by atoms with Crippen LogP contribution in [0.15, 0.2) is 96.7 Å². The van der Waals surface area contributed by atoms with Crippen molar-refractivity contribution in [3.63, 3.8) is 0 Å². The standard InChI is InChI=1S/C67H95N3O15/c1-42-20-14-13-15-23-45(4)56(79-10)36-52-27-25-50(9)67(78,85-52)64(75)65(76)70-31-17-16-24-53(70)66(77)83-57(47(6)34-51-26-28-55(58(35-51)80-11)82-59(72)40-68-29-18-21-43(2)38-68)37-54(71)46(5)33-49(8)62(63(81-12)61(74)48(7)32-42)84-60(73)41-69-30-19-22-44(3)39-69/h13-15,18-23,29-30,33,38-39,42,46-48,50-53,55-58,62-63,78H,16-17,24-28,31-32,34-37,40-41H2,1-12H3/q+2/b15-13?,20-14+,45-23?,49-33+/t42-,46-,47-,48-,50-,51+,52+,53+,55-,56+,57+,58-,62-,63+,67-/m1/s1. The topological polar surface area (TPSA) is 215 Å². The first-order valence-corrected chi connectivity index (χ1v) is 30.6. The van der Waals surface area contributed by atoms with Gasteiger partial charge in [0.2, 0.25) is 18.9 Å². The largest absolute Gasteiger partial charge is 0.460 e. The minimum atomic E-state index is -2.48. The van der Waals surface area contributed by atoms with Gasteiger partial charge in [-0.2, -0.15) is 9.13 Å². The van der Waals surface area contributed by atoms with Gasteiger partial charge in [0.05, 0.1) is 18.3 Å². The average Bonchev–Trinajstić information content (AvgIpc) is 3.52. The Kier molecular flexibility index (Phi) is 25.7. The fourth-order valence-electron chi connectivity index (χ4n) is 12.6. The van der Waals surface area contributed by atoms with E-state index in [-0.39, 0.29) is 68.3 Å². The number of aromatic nitrogens is 2. The van der Waals surface area contributed by atoms with E-state index in [0.717, 1.165) is 16.7 Å². The van der Waals surface area contributed by atoms with Crippen molar-refractivity contribution < 1.29 is 81.0 Å². The molecule has 1 aliphatic carbocycles. The minimum absolute atomic E-state index is 0.00530. The van der Waals surface area contributed by atoms with Crippen LogP contribution >= 0.6 is 0 Å². The summed E-state index contributed by atoms with van der Waals surface area (Å²) in [5, 5.41) is 12.1. The molecule has 2 aromatic heterocycles. The number of pyridine rings is 2. The van der Waals surface area contributed by atoms with E-state index in [1.54, 1.807) is 62.6 Å². The molecule has 1 N–H and O–H groups in total. The molecular formula is C67H95N3O15+2. The van der Waals surface area contributed by atoms with Crippen LogP contribution in [0.3, 0.4) is 0 Å². The number of esters is 3. The lowest BCUT2D eigenvalue weighted by molar-refractivity contribution is -0.686. The maximum Gasteiger partial charge on any atom is 0.373 e. The van der Waals surface area contributed by atoms with Gasteiger partial charge in [0.15, 0.2) is 42.8 Å². The lowest BCUT2D eigenvalue weighted by Gasteiger charge is -2.42. The Morgan fingerprint density at radius 1 is 0.753 bits per heavy atom. The first kappa shape index (κ1) is 68.1. The number of nitrogens with zero attached hydrogens (tertiary/aromatic N) is 3. The van der Waals surface area contributed by atoms with E-state index in [1.165, 1.54) is 12.0 Å². The van der Waals surface area contributed by atoms with Crippen molar-refractivity contribution in [2.24, 2.45) is 35.5 Å². The average molecular weight is 1180 g/mol. The van der Waals surface area contributed by atoms with Gasteiger partial charge in [-0.25, -0.2) is 14.4 Å². The van der Waals surface area contributed by atoms with E-state index >= 15 is 0 Å². The molecular weight excluding hydrogens is 1090 g/mol. The summed E-state index contributed by atoms with van der Waals surface area (Å²) < 4.78 is 46.1. The summed E-state index contributed by atoms with van der Waals surface area (Å²) in [7, 11) is 4.55. The number of ketones is 3. The van der Waals surface area contributed by atoms with Crippen molar-refractivity contribution in [2.45, 2.75) is 207 Å². The number of cyclic esters (lactones) is 1. The van der Waals surface area contributed by atoms with Gasteiger partial charge >= 0.3 is 17.9 Å². The summed E-state index contributed by atoms with van der Waals surface area (Å²) in [5.74, 6) is -9.72. The van der Waals surface area contributed by atoms with E-state index in [1.807, 2.05) is 109 Å². The summed E-state index contributed by atoms with van der Waals surface area (Å²) in [6, 6.07) is 6.33. The highest BCUT2D eigenvalue weighted by Crippen LogP contribution is 2.38. The number of hydrogen-bond acceptors (Lipinski definition) is 15. The Bertz CT molecular complexity index is 2770. The van der Waals surface area contributed by atoms with Crippen LogP contribution in [0.1, 0.15) is 137 Å². The Hall–Kier alpha value is -6.05. The highest BCUT2D eigenvalue weighted by Gasteiger charge is 2.53. The van der Waals surface area contributed by atoms with Crippen LogP contribution in [-0.4, -0.2) is 134 Å². The number of aliphatic hydroxyl groups is 1. The molecule has 5 heterocycles. The normalized spacial score (nSPS) is 32.5. The van der Waals surface area contributed by atoms with Crippen molar-refractivity contribution in [2.75, 3.05) is 27.9 Å². The number of fused-ring (bicyclic) bond motifs is 3. The predicted octanol–water partition coefficient (Wildman–Crippen LogP) is 7.87. The molecule has 2 bridgehead atoms. The van der Waals surface area contributed by atoms with Crippen LogP contribution in [0.5, 0.6) is 0 Å². The number of allylic oxidation sites excluding steroid dienone is 6. The molecule has 18 heteroatoms. The molecule has 4 aliphatic rings. The third-order valence-electron chi connectivity index (χ3n) is 17.6. The molecule has 0 radical (unpaired) electrons. The Morgan fingerprint density at radius 3 is 2.06 bits per heavy atom. The van der Waals surface area contributed by atoms with Gasteiger partial charge in [-0.1, -0.05) is 71.1 Å². The highest BCUT2D eigenvalue weighted by atomic mass is 16.6. The SMILES string of the molecule is CO[C@H]1C[C@@H]2CC[C@@H](C)[C@@](O)(O2)C(=O)C(=O)N2CCCC[C@H]2C(=O)O[C@H]([C@H](C)C[C@@H]2CC[C@@H](OC(=O)C[n+]3cccc(C)c3)[C@H](OC)C2)CC(=O)[C@H](C)/C=C(\C)[C@@H](OC(=O)C[n+]2cccc(C)c2)[C@@H](OC)C(=O)[C@H](C)C[C@H](C)/C=C/C=CC=C1C. The number of aryl methyl sites for hydroxylation is 2. The number of ether oxygens (including phenoxy) is 7. The van der Waals surface area contributed by atoms with Gasteiger partial charge < -0.3 is 43.2 Å². The zero-order valence-electron chi connectivity index (χ0n) is 52.3. The summed E-state index contributed by atoms with van der Waals surface area (Å²) in [6.07, 6.45) is 17.7. The van der Waals surface area contributed by atoms with Crippen LogP contribution in [0.2, 0.25) is 0 Å². The maximum absolute atomic E-state index is 14.8. The van der Waals surface area contributed by atoms with E-state index in [2.05, 4.69) is 0 Å². The molecule has 1 saturated carbocycles. The lowest BCUT2D eigenvalue weighted by atomic mass is 9.78. The van der Waals surface area contributed by atoms with Crippen LogP contribution < -0.4 is 9.13 Å². The van der Waals surface area contributed by atoms with Gasteiger partial charge in [-0.15, -0.1) is 0 Å². The number of amides is 1. The second-order valence-corrected chi connectivity index (χ2v) is 24.6. The van der Waals surface area contributed by atoms with Crippen LogP contribution in [0.4, 0.5) is 0 Å². The Labute approximate surface area is 503 Å². The van der Waals surface area contributed by atoms with Crippen molar-refractivity contribution in [3.05, 3.63) is 108 Å². The van der Waals surface area contributed by atoms with E-state index < -0.39 is 102 Å². The number of carbonyl (C=O) groups is 7. The van der Waals surface area contributed by atoms with Gasteiger partial charge in [0.1, 0.15) is 24.0 Å². The predicted molar refractivity (Wildman–Crippen MR) is 316 cm³/mol. The number of Topliss-reactive ketones (excluding diaryl/α,β-unsaturated/α-hetero) is 3. The number of carbonyl (C=O) groups excluding carboxylic acids is 7. The molecule has 15 atom stereocenters. The summed E-state index contributed by atoms with van der Waals surface area (Å²) >= 11 is 0. The number of piperidine rings is 1. The molecule has 6 rings (SSSR count). The molecule has 0 spiro atoms. The Balaban J connectivity index is 1.33. The fourth-order valence-corrected chi connectivity index (χ4v) is 12.6. The zero-order valence-corrected chi connectivity index (χ0v) is 52.3. The van der Waals surface area contributed by atoms with Gasteiger partial charge in [-0.3, -0.25) is 19.2 Å². The van der Waals surface area contributed by atoms with Crippen LogP contribution in [0, 0.1) is 49.4 Å². The molecule has 0 aromatic carbocycles. The molecule has 2 aromatic rings. The van der Waals surface area contributed by atoms with Gasteiger partial charge in [0, 0.05) is 81.7 Å². The fraction of sp³-hybridized carbons (Fsp3) is 0.627. The van der Waals surface area contributed by atoms with Crippen molar-refractivity contribution >= 4 is 41.2 Å². The monoisotopic (exact) mass is 1180 g/mol. The summed E-state index contributed by atoms with van der Waals surface area (Å²) in [5.41, 5.74) is 3.20. The van der Waals surface area contributed by atoms with E-state index in [0.29, 0.717) is 63.4 Å². The second-order valence-electron chi connectivity index (χ2n) is 24.6. The van der Waals surface area contributed by atoms with Crippen molar-refractivity contribution in [1.82, 2.24) is 4.90 Å². The van der Waals surface area contributed by atoms with Crippen LogP contribution in [-0.2, 0) is 79.8 Å². The Morgan fingerprint density at radius 2 is 1.42 bits per heavy atom. The third kappa shape index (κ3) is 19.0. The van der Waals surface area contributed by atoms with E-state index in [4.69, 9.17) is 33.2 Å². The number of methoxy groups -OCH3 is 3. The van der Waals surface area contributed by atoms with Crippen molar-refractivity contribution in [1.29, 1.82) is 0 Å². The summed E-state index contributed by atoms with van der Waals surface area (Å²) in [6.45, 7) is 16.5. The first-order chi connectivity index (χ1) is 40.4. The van der Waals surface area contributed by atoms with E-state index in [9.17, 15) is 38.7 Å². The number of rotatable bonds is 12. The molecule has 2 saturated heterocycles. The quantitative estimate of drug-likeness (QED) is 0.0704. The molecule has 466 valence electrons. The highest BCUT2D eigenvalue weighted by molar-refractivity contribution is 6.39. The zero-order chi connectivity index (χ0) is 62.1. The summed E-state index contributed by atoms with van der Waals surface area (Å²) in [4.78, 5) is 101. The second kappa shape index (κ2) is 32.1. The van der Waals surface area contributed by atoms with Gasteiger partial charge in [-0.05, 0) is 133 Å². The lowest BCUT2D eigenvalue weighted by Crippen LogP contribution is -2.61. The first-order valence-electron chi connectivity index (χ1n) is 30.6. The molecule has 3 aliphatic heterocycles. The molecule has 0 unspecified atom stereocenters. The third-order valence-corrected chi connectivity index (χ3v) is 17.6. The molecule has 1 amide bonds.